The van der Waals surface area contributed by atoms with E-state index >= 15 is 0 Å². The van der Waals surface area contributed by atoms with Gasteiger partial charge in [-0.2, -0.15) is 0 Å². The molecular weight excluding hydrogens is 384 g/mol. The molecule has 0 unspecified atom stereocenters. The number of rotatable bonds is 12. The molecule has 172 valence electrons. The van der Waals surface area contributed by atoms with Gasteiger partial charge in [0.15, 0.2) is 0 Å². The van der Waals surface area contributed by atoms with E-state index in [1.165, 1.54) is 0 Å². The second kappa shape index (κ2) is 11.7. The Labute approximate surface area is 180 Å². The standard InChI is InChI=1S/C22H46N2O4Si/c1-9-12-14-24(19-17-21(4,5)23-22(6,7)18-19)20(25)26-15-13-16-29(8,27-10-2)28-11-3/h19,23H,9-18H2,1-8H3. The van der Waals surface area contributed by atoms with E-state index in [0.29, 0.717) is 19.8 Å². The van der Waals surface area contributed by atoms with E-state index in [0.717, 1.165) is 44.7 Å². The Bertz CT molecular complexity index is 477. The summed E-state index contributed by atoms with van der Waals surface area (Å²) in [4.78, 5) is 15.0. The molecule has 1 aliphatic heterocycles. The fourth-order valence-corrected chi connectivity index (χ4v) is 7.05. The number of unbranched alkanes of at least 4 members (excludes halogenated alkanes) is 1. The lowest BCUT2D eigenvalue weighted by Gasteiger charge is -2.49. The summed E-state index contributed by atoms with van der Waals surface area (Å²) in [7, 11) is -2.15. The fourth-order valence-electron chi connectivity index (χ4n) is 4.67. The number of nitrogens with zero attached hydrogens (tertiary/aromatic N) is 1. The van der Waals surface area contributed by atoms with Gasteiger partial charge in [-0.15, -0.1) is 0 Å². The minimum atomic E-state index is -2.15. The molecule has 0 spiro atoms. The van der Waals surface area contributed by atoms with Crippen molar-refractivity contribution in [2.75, 3.05) is 26.4 Å². The van der Waals surface area contributed by atoms with Crippen LogP contribution >= 0.6 is 0 Å². The highest BCUT2D eigenvalue weighted by Crippen LogP contribution is 2.32. The quantitative estimate of drug-likeness (QED) is 0.346. The van der Waals surface area contributed by atoms with Crippen LogP contribution in [0.15, 0.2) is 0 Å². The van der Waals surface area contributed by atoms with Crippen molar-refractivity contribution in [3.05, 3.63) is 0 Å². The van der Waals surface area contributed by atoms with Crippen LogP contribution < -0.4 is 5.32 Å². The first kappa shape index (κ1) is 26.4. The third-order valence-corrected chi connectivity index (χ3v) is 8.56. The van der Waals surface area contributed by atoms with Crippen LogP contribution in [-0.2, 0) is 13.6 Å². The summed E-state index contributed by atoms with van der Waals surface area (Å²) >= 11 is 0. The first-order chi connectivity index (χ1) is 13.5. The number of carbonyl (C=O) groups excluding carboxylic acids is 1. The Balaban J connectivity index is 2.67. The third kappa shape index (κ3) is 9.36. The van der Waals surface area contributed by atoms with Gasteiger partial charge in [0, 0.05) is 36.9 Å². The predicted molar refractivity (Wildman–Crippen MR) is 122 cm³/mol. The molecule has 0 aliphatic carbocycles. The molecule has 0 atom stereocenters. The largest absolute Gasteiger partial charge is 0.449 e. The molecule has 1 rings (SSSR count). The molecule has 1 fully saturated rings. The van der Waals surface area contributed by atoms with Gasteiger partial charge in [0.2, 0.25) is 0 Å². The number of nitrogens with one attached hydrogen (secondary N) is 1. The van der Waals surface area contributed by atoms with Crippen molar-refractivity contribution < 1.29 is 18.4 Å². The van der Waals surface area contributed by atoms with Crippen LogP contribution in [0, 0.1) is 0 Å². The highest BCUT2D eigenvalue weighted by Gasteiger charge is 2.41. The molecule has 1 aliphatic rings. The molecule has 0 aromatic heterocycles. The molecule has 0 saturated carbocycles. The second-order valence-electron chi connectivity index (χ2n) is 9.72. The van der Waals surface area contributed by atoms with Crippen molar-refractivity contribution in [3.63, 3.8) is 0 Å². The molecular formula is C22H46N2O4Si. The summed E-state index contributed by atoms with van der Waals surface area (Å²) in [5, 5.41) is 3.70. The molecule has 0 aromatic carbocycles. The molecule has 1 saturated heterocycles. The number of amides is 1. The summed E-state index contributed by atoms with van der Waals surface area (Å²) < 4.78 is 17.5. The van der Waals surface area contributed by atoms with Crippen LogP contribution in [0.2, 0.25) is 12.6 Å². The Morgan fingerprint density at radius 3 is 2.07 bits per heavy atom. The Kier molecular flexibility index (Phi) is 10.6. The lowest BCUT2D eigenvalue weighted by atomic mass is 9.79. The zero-order valence-corrected chi connectivity index (χ0v) is 21.2. The van der Waals surface area contributed by atoms with Gasteiger partial charge >= 0.3 is 14.7 Å². The van der Waals surface area contributed by atoms with Crippen molar-refractivity contribution in [3.8, 4) is 0 Å². The Morgan fingerprint density at radius 1 is 1.03 bits per heavy atom. The molecule has 1 N–H and O–H groups in total. The summed E-state index contributed by atoms with van der Waals surface area (Å²) in [5.74, 6) is 0. The molecule has 0 radical (unpaired) electrons. The maximum absolute atomic E-state index is 13.0. The van der Waals surface area contributed by atoms with Crippen molar-refractivity contribution in [2.45, 2.75) is 110 Å². The fraction of sp³-hybridized carbons (Fsp3) is 0.955. The molecule has 0 aromatic rings. The maximum Gasteiger partial charge on any atom is 0.410 e. The van der Waals surface area contributed by atoms with E-state index in [1.54, 1.807) is 0 Å². The molecule has 1 heterocycles. The van der Waals surface area contributed by atoms with E-state index in [4.69, 9.17) is 13.6 Å². The lowest BCUT2D eigenvalue weighted by molar-refractivity contribution is 0.0440. The summed E-state index contributed by atoms with van der Waals surface area (Å²) in [6.45, 7) is 19.6. The van der Waals surface area contributed by atoms with E-state index in [-0.39, 0.29) is 23.2 Å². The first-order valence-electron chi connectivity index (χ1n) is 11.5. The molecule has 29 heavy (non-hydrogen) atoms. The average Bonchev–Trinajstić information content (AvgIpc) is 2.57. The molecule has 6 nitrogen and oxygen atoms in total. The van der Waals surface area contributed by atoms with Gasteiger partial charge in [-0.05, 0) is 79.8 Å². The van der Waals surface area contributed by atoms with Crippen molar-refractivity contribution in [1.29, 1.82) is 0 Å². The minimum absolute atomic E-state index is 0.000439. The van der Waals surface area contributed by atoms with E-state index in [2.05, 4.69) is 46.5 Å². The van der Waals surface area contributed by atoms with Gasteiger partial charge in [-0.25, -0.2) is 4.79 Å². The second-order valence-corrected chi connectivity index (χ2v) is 13.1. The number of hydrogen-bond acceptors (Lipinski definition) is 5. The molecule has 0 bridgehead atoms. The summed E-state index contributed by atoms with van der Waals surface area (Å²) in [6.07, 6.45) is 4.55. The summed E-state index contributed by atoms with van der Waals surface area (Å²) in [6, 6.07) is 1.04. The van der Waals surface area contributed by atoms with Crippen molar-refractivity contribution >= 4 is 14.7 Å². The van der Waals surface area contributed by atoms with Crippen LogP contribution in [0.25, 0.3) is 0 Å². The third-order valence-electron chi connectivity index (χ3n) is 5.50. The van der Waals surface area contributed by atoms with Crippen molar-refractivity contribution in [2.24, 2.45) is 0 Å². The molecule has 1 amide bonds. The zero-order valence-electron chi connectivity index (χ0n) is 20.2. The first-order valence-corrected chi connectivity index (χ1v) is 14.0. The van der Waals surface area contributed by atoms with Crippen LogP contribution in [0.5, 0.6) is 0 Å². The SMILES string of the molecule is CCCCN(C(=O)OCCC[Si](C)(OCC)OCC)C1CC(C)(C)NC(C)(C)C1. The van der Waals surface area contributed by atoms with Crippen LogP contribution in [0.3, 0.4) is 0 Å². The van der Waals surface area contributed by atoms with Crippen LogP contribution in [0.1, 0.15) is 80.6 Å². The minimum Gasteiger partial charge on any atom is -0.449 e. The van der Waals surface area contributed by atoms with Gasteiger partial charge in [0.1, 0.15) is 0 Å². The Morgan fingerprint density at radius 2 is 1.59 bits per heavy atom. The number of ether oxygens (including phenoxy) is 1. The lowest BCUT2D eigenvalue weighted by Crippen LogP contribution is -2.63. The van der Waals surface area contributed by atoms with Crippen LogP contribution in [0.4, 0.5) is 4.79 Å². The number of piperidine rings is 1. The predicted octanol–water partition coefficient (Wildman–Crippen LogP) is 5.07. The highest BCUT2D eigenvalue weighted by molar-refractivity contribution is 6.66. The monoisotopic (exact) mass is 430 g/mol. The average molecular weight is 431 g/mol. The summed E-state index contributed by atoms with van der Waals surface area (Å²) in [5.41, 5.74) is -0.000878. The maximum atomic E-state index is 13.0. The van der Waals surface area contributed by atoms with Crippen molar-refractivity contribution in [1.82, 2.24) is 10.2 Å². The van der Waals surface area contributed by atoms with Gasteiger partial charge < -0.3 is 23.8 Å². The van der Waals surface area contributed by atoms with Gasteiger partial charge in [0.05, 0.1) is 6.61 Å². The van der Waals surface area contributed by atoms with Gasteiger partial charge in [0.25, 0.3) is 0 Å². The highest BCUT2D eigenvalue weighted by atomic mass is 28.4. The topological polar surface area (TPSA) is 60.0 Å². The molecule has 7 heteroatoms. The van der Waals surface area contributed by atoms with E-state index in [1.807, 2.05) is 18.7 Å². The van der Waals surface area contributed by atoms with Gasteiger partial charge in [-0.1, -0.05) is 13.3 Å². The number of hydrogen-bond donors (Lipinski definition) is 1. The number of carbonyl (C=O) groups is 1. The zero-order chi connectivity index (χ0) is 22.1. The van der Waals surface area contributed by atoms with E-state index in [9.17, 15) is 4.79 Å². The van der Waals surface area contributed by atoms with E-state index < -0.39 is 8.56 Å². The normalized spacial score (nSPS) is 19.2. The smallest absolute Gasteiger partial charge is 0.410 e. The Hall–Kier alpha value is -0.633. The van der Waals surface area contributed by atoms with Crippen LogP contribution in [-0.4, -0.2) is 63.0 Å². The van der Waals surface area contributed by atoms with Gasteiger partial charge in [-0.3, -0.25) is 0 Å².